The Morgan fingerprint density at radius 2 is 1.88 bits per heavy atom. The molecule has 33 heavy (non-hydrogen) atoms. The molecule has 1 aliphatic rings. The predicted molar refractivity (Wildman–Crippen MR) is 116 cm³/mol. The van der Waals surface area contributed by atoms with E-state index in [-0.39, 0.29) is 29.1 Å². The Morgan fingerprint density at radius 1 is 1.18 bits per heavy atom. The van der Waals surface area contributed by atoms with Crippen LogP contribution in [-0.2, 0) is 19.1 Å². The standard InChI is InChI=1S/C23H22N2O8/c1-14(26)33-18-9-7-15(8-10-18)20-19(22(28)23(29)24(20)11-4-12-32-2)21(27)16-5-3-6-17(13-16)25(30)31/h3,5-10,13,20,27H,4,11-12H2,1-2H3/b21-19-. The van der Waals surface area contributed by atoms with Crippen molar-refractivity contribution in [3.63, 3.8) is 0 Å². The summed E-state index contributed by atoms with van der Waals surface area (Å²) in [5.41, 5.74) is 0.0870. The number of non-ortho nitro benzene ring substituents is 1. The van der Waals surface area contributed by atoms with Crippen LogP contribution >= 0.6 is 0 Å². The normalized spacial score (nSPS) is 17.3. The van der Waals surface area contributed by atoms with Crippen LogP contribution in [0.15, 0.2) is 54.1 Å². The number of nitro groups is 1. The van der Waals surface area contributed by atoms with Gasteiger partial charge in [-0.05, 0) is 24.1 Å². The first-order valence-corrected chi connectivity index (χ1v) is 10.0. The molecule has 0 saturated carbocycles. The molecule has 0 radical (unpaired) electrons. The van der Waals surface area contributed by atoms with Crippen molar-refractivity contribution >= 4 is 29.1 Å². The zero-order chi connectivity index (χ0) is 24.1. The summed E-state index contributed by atoms with van der Waals surface area (Å²) < 4.78 is 10.1. The van der Waals surface area contributed by atoms with Crippen LogP contribution in [-0.4, -0.2) is 52.9 Å². The Kier molecular flexibility index (Phi) is 7.19. The lowest BCUT2D eigenvalue weighted by Gasteiger charge is -2.25. The first-order chi connectivity index (χ1) is 15.7. The van der Waals surface area contributed by atoms with Crippen molar-refractivity contribution < 1.29 is 33.9 Å². The van der Waals surface area contributed by atoms with Crippen LogP contribution in [0.25, 0.3) is 5.76 Å². The van der Waals surface area contributed by atoms with Crippen molar-refractivity contribution in [1.29, 1.82) is 0 Å². The van der Waals surface area contributed by atoms with E-state index in [0.29, 0.717) is 18.6 Å². The maximum absolute atomic E-state index is 12.9. The largest absolute Gasteiger partial charge is 0.507 e. The maximum Gasteiger partial charge on any atom is 0.308 e. The molecule has 1 unspecified atom stereocenters. The molecule has 0 bridgehead atoms. The van der Waals surface area contributed by atoms with Gasteiger partial charge in [0.15, 0.2) is 0 Å². The quantitative estimate of drug-likeness (QED) is 0.0940. The highest BCUT2D eigenvalue weighted by atomic mass is 16.6. The number of carbonyl (C=O) groups excluding carboxylic acids is 3. The second-order valence-corrected chi connectivity index (χ2v) is 7.31. The number of ether oxygens (including phenoxy) is 2. The van der Waals surface area contributed by atoms with Gasteiger partial charge in [-0.3, -0.25) is 24.5 Å². The third kappa shape index (κ3) is 5.07. The molecule has 1 saturated heterocycles. The molecule has 0 aliphatic carbocycles. The van der Waals surface area contributed by atoms with Gasteiger partial charge in [-0.1, -0.05) is 24.3 Å². The fourth-order valence-electron chi connectivity index (χ4n) is 3.64. The molecule has 10 nitrogen and oxygen atoms in total. The van der Waals surface area contributed by atoms with Gasteiger partial charge in [-0.2, -0.15) is 0 Å². The smallest absolute Gasteiger partial charge is 0.308 e. The average molecular weight is 454 g/mol. The fraction of sp³-hybridized carbons (Fsp3) is 0.261. The summed E-state index contributed by atoms with van der Waals surface area (Å²) in [7, 11) is 1.52. The van der Waals surface area contributed by atoms with E-state index in [4.69, 9.17) is 9.47 Å². The van der Waals surface area contributed by atoms with Crippen LogP contribution < -0.4 is 4.74 Å². The molecule has 172 valence electrons. The van der Waals surface area contributed by atoms with Crippen LogP contribution in [0.5, 0.6) is 5.75 Å². The highest BCUT2D eigenvalue weighted by molar-refractivity contribution is 6.46. The van der Waals surface area contributed by atoms with Crippen molar-refractivity contribution in [3.8, 4) is 5.75 Å². The van der Waals surface area contributed by atoms with E-state index in [9.17, 15) is 29.6 Å². The number of rotatable bonds is 8. The molecule has 3 rings (SSSR count). The Bertz CT molecular complexity index is 1120. The molecule has 10 heteroatoms. The van der Waals surface area contributed by atoms with Crippen molar-refractivity contribution in [2.75, 3.05) is 20.3 Å². The number of hydrogen-bond donors (Lipinski definition) is 1. The molecule has 0 aromatic heterocycles. The van der Waals surface area contributed by atoms with E-state index in [1.165, 1.54) is 49.3 Å². The Morgan fingerprint density at radius 3 is 2.48 bits per heavy atom. The van der Waals surface area contributed by atoms with Crippen molar-refractivity contribution in [1.82, 2.24) is 4.90 Å². The number of likely N-dealkylation sites (tertiary alicyclic amines) is 1. The van der Waals surface area contributed by atoms with E-state index in [2.05, 4.69) is 0 Å². The first kappa shape index (κ1) is 23.6. The van der Waals surface area contributed by atoms with Gasteiger partial charge in [0, 0.05) is 44.9 Å². The van der Waals surface area contributed by atoms with Crippen LogP contribution in [0, 0.1) is 10.1 Å². The zero-order valence-corrected chi connectivity index (χ0v) is 18.0. The molecule has 2 aromatic carbocycles. The van der Waals surface area contributed by atoms with Gasteiger partial charge in [0.2, 0.25) is 0 Å². The monoisotopic (exact) mass is 454 g/mol. The fourth-order valence-corrected chi connectivity index (χ4v) is 3.64. The van der Waals surface area contributed by atoms with E-state index in [0.717, 1.165) is 6.07 Å². The highest BCUT2D eigenvalue weighted by Gasteiger charge is 2.45. The molecule has 2 aromatic rings. The summed E-state index contributed by atoms with van der Waals surface area (Å²) in [6.07, 6.45) is 0.447. The minimum absolute atomic E-state index is 0.0422. The van der Waals surface area contributed by atoms with Gasteiger partial charge >= 0.3 is 5.97 Å². The third-order valence-corrected chi connectivity index (χ3v) is 5.08. The van der Waals surface area contributed by atoms with Gasteiger partial charge in [0.25, 0.3) is 17.4 Å². The van der Waals surface area contributed by atoms with Gasteiger partial charge in [0.05, 0.1) is 16.5 Å². The molecular formula is C23H22N2O8. The second-order valence-electron chi connectivity index (χ2n) is 7.31. The predicted octanol–water partition coefficient (Wildman–Crippen LogP) is 2.98. The lowest BCUT2D eigenvalue weighted by Crippen LogP contribution is -2.31. The number of ketones is 1. The van der Waals surface area contributed by atoms with Gasteiger partial charge < -0.3 is 19.5 Å². The van der Waals surface area contributed by atoms with Gasteiger partial charge in [-0.15, -0.1) is 0 Å². The van der Waals surface area contributed by atoms with Crippen LogP contribution in [0.2, 0.25) is 0 Å². The van der Waals surface area contributed by atoms with Gasteiger partial charge in [0.1, 0.15) is 11.5 Å². The van der Waals surface area contributed by atoms with E-state index < -0.39 is 34.4 Å². The maximum atomic E-state index is 12.9. The number of aliphatic hydroxyl groups excluding tert-OH is 1. The molecule has 1 amide bonds. The number of nitro benzene ring substituents is 1. The molecule has 1 heterocycles. The van der Waals surface area contributed by atoms with Crippen molar-refractivity contribution in [3.05, 3.63) is 75.3 Å². The molecule has 0 spiro atoms. The summed E-state index contributed by atoms with van der Waals surface area (Å²) in [5.74, 6) is -2.43. The van der Waals surface area contributed by atoms with Crippen LogP contribution in [0.4, 0.5) is 5.69 Å². The summed E-state index contributed by atoms with van der Waals surface area (Å²) in [6, 6.07) is 10.4. The summed E-state index contributed by atoms with van der Waals surface area (Å²) in [4.78, 5) is 48.8. The van der Waals surface area contributed by atoms with Gasteiger partial charge in [-0.25, -0.2) is 0 Å². The molecule has 1 aliphatic heterocycles. The Balaban J connectivity index is 2.11. The number of amides is 1. The molecule has 1 atom stereocenters. The SMILES string of the molecule is COCCCN1C(=O)C(=O)/C(=C(\O)c2cccc([N+](=O)[O-])c2)C1c1ccc(OC(C)=O)cc1. The lowest BCUT2D eigenvalue weighted by molar-refractivity contribution is -0.384. The van der Waals surface area contributed by atoms with Crippen molar-refractivity contribution in [2.24, 2.45) is 0 Å². The summed E-state index contributed by atoms with van der Waals surface area (Å²) in [5, 5.41) is 22.1. The van der Waals surface area contributed by atoms with Crippen molar-refractivity contribution in [2.45, 2.75) is 19.4 Å². The second kappa shape index (κ2) is 10.0. The zero-order valence-electron chi connectivity index (χ0n) is 18.0. The number of benzene rings is 2. The van der Waals surface area contributed by atoms with E-state index in [1.54, 1.807) is 12.1 Å². The number of Topliss-reactive ketones (excluding diaryl/α,β-unsaturated/α-hetero) is 1. The minimum Gasteiger partial charge on any atom is -0.507 e. The van der Waals surface area contributed by atoms with Crippen LogP contribution in [0.3, 0.4) is 0 Å². The summed E-state index contributed by atoms with van der Waals surface area (Å²) in [6.45, 7) is 1.80. The summed E-state index contributed by atoms with van der Waals surface area (Å²) >= 11 is 0. The molecule has 1 N–H and O–H groups in total. The average Bonchev–Trinajstić information content (AvgIpc) is 3.04. The topological polar surface area (TPSA) is 136 Å². The van der Waals surface area contributed by atoms with E-state index >= 15 is 0 Å². The number of esters is 1. The number of nitrogens with zero attached hydrogens (tertiary/aromatic N) is 2. The molecule has 1 fully saturated rings. The lowest BCUT2D eigenvalue weighted by atomic mass is 9.95. The third-order valence-electron chi connectivity index (χ3n) is 5.08. The Hall–Kier alpha value is -4.05. The number of aliphatic hydroxyl groups is 1. The minimum atomic E-state index is -0.938. The van der Waals surface area contributed by atoms with E-state index in [1.807, 2.05) is 0 Å². The van der Waals surface area contributed by atoms with Crippen LogP contribution in [0.1, 0.15) is 30.5 Å². The molecular weight excluding hydrogens is 432 g/mol. The Labute approximate surface area is 189 Å². The highest BCUT2D eigenvalue weighted by Crippen LogP contribution is 2.40. The number of methoxy groups -OCH3 is 1. The first-order valence-electron chi connectivity index (χ1n) is 10.0. The number of carbonyl (C=O) groups is 3. The number of hydrogen-bond acceptors (Lipinski definition) is 8.